The first-order chi connectivity index (χ1) is 8.19. The third-order valence-electron chi connectivity index (χ3n) is 2.29. The zero-order valence-electron chi connectivity index (χ0n) is 10.2. The molecule has 0 aliphatic heterocycles. The maximum Gasteiger partial charge on any atom is 0.281 e. The number of benzene rings is 1. The maximum atomic E-state index is 5.37. The molecular formula is C12H15N3OS. The standard InChI is InChI=1S/C12H15N3OS/c1-8-4-5-11(10(6-8)7-13-3)17-12-15-14-9(2)16-12/h4-6,13H,7H2,1-3H3. The van der Waals surface area contributed by atoms with Crippen molar-refractivity contribution in [2.45, 2.75) is 30.5 Å². The molecule has 0 unspecified atom stereocenters. The summed E-state index contributed by atoms with van der Waals surface area (Å²) in [6, 6.07) is 6.35. The number of nitrogens with zero attached hydrogens (tertiary/aromatic N) is 2. The van der Waals surface area contributed by atoms with E-state index in [1.165, 1.54) is 22.9 Å². The Morgan fingerprint density at radius 3 is 2.76 bits per heavy atom. The van der Waals surface area contributed by atoms with Gasteiger partial charge in [-0.05, 0) is 37.4 Å². The van der Waals surface area contributed by atoms with Crippen molar-refractivity contribution in [2.24, 2.45) is 0 Å². The van der Waals surface area contributed by atoms with Crippen molar-refractivity contribution in [1.82, 2.24) is 15.5 Å². The van der Waals surface area contributed by atoms with Gasteiger partial charge in [0, 0.05) is 18.4 Å². The highest BCUT2D eigenvalue weighted by Crippen LogP contribution is 2.30. The van der Waals surface area contributed by atoms with E-state index in [1.807, 2.05) is 7.05 Å². The van der Waals surface area contributed by atoms with Crippen LogP contribution in [0, 0.1) is 13.8 Å². The first kappa shape index (κ1) is 12.1. The second-order valence-electron chi connectivity index (χ2n) is 3.83. The SMILES string of the molecule is CNCc1cc(C)ccc1Sc1nnc(C)o1. The predicted molar refractivity (Wildman–Crippen MR) is 67.1 cm³/mol. The molecule has 5 heteroatoms. The highest BCUT2D eigenvalue weighted by molar-refractivity contribution is 7.99. The van der Waals surface area contributed by atoms with Gasteiger partial charge in [-0.25, -0.2) is 0 Å². The van der Waals surface area contributed by atoms with Crippen molar-refractivity contribution < 1.29 is 4.42 Å². The van der Waals surface area contributed by atoms with Crippen LogP contribution in [0.1, 0.15) is 17.0 Å². The minimum absolute atomic E-state index is 0.587. The second-order valence-corrected chi connectivity index (χ2v) is 4.82. The van der Waals surface area contributed by atoms with Crippen LogP contribution in [-0.2, 0) is 6.54 Å². The van der Waals surface area contributed by atoms with Gasteiger partial charge in [0.25, 0.3) is 5.22 Å². The summed E-state index contributed by atoms with van der Waals surface area (Å²) < 4.78 is 5.37. The van der Waals surface area contributed by atoms with Gasteiger partial charge in [0.1, 0.15) is 0 Å². The van der Waals surface area contributed by atoms with Crippen molar-refractivity contribution >= 4 is 11.8 Å². The first-order valence-corrected chi connectivity index (χ1v) is 6.23. The highest BCUT2D eigenvalue weighted by atomic mass is 32.2. The molecule has 1 aromatic heterocycles. The zero-order valence-corrected chi connectivity index (χ0v) is 11.0. The molecule has 1 heterocycles. The Hall–Kier alpha value is -1.33. The summed E-state index contributed by atoms with van der Waals surface area (Å²) in [5.41, 5.74) is 2.50. The zero-order chi connectivity index (χ0) is 12.3. The number of aromatic nitrogens is 2. The lowest BCUT2D eigenvalue weighted by molar-refractivity contribution is 0.429. The summed E-state index contributed by atoms with van der Waals surface area (Å²) in [4.78, 5) is 1.15. The van der Waals surface area contributed by atoms with Crippen molar-refractivity contribution in [1.29, 1.82) is 0 Å². The van der Waals surface area contributed by atoms with E-state index in [0.717, 1.165) is 11.4 Å². The molecule has 0 aliphatic rings. The van der Waals surface area contributed by atoms with E-state index < -0.39 is 0 Å². The van der Waals surface area contributed by atoms with Crippen LogP contribution >= 0.6 is 11.8 Å². The van der Waals surface area contributed by atoms with Gasteiger partial charge >= 0.3 is 0 Å². The second kappa shape index (κ2) is 5.33. The molecule has 1 N–H and O–H groups in total. The van der Waals surface area contributed by atoms with Crippen LogP contribution in [0.15, 0.2) is 32.7 Å². The summed E-state index contributed by atoms with van der Waals surface area (Å²) in [6.45, 7) is 4.71. The molecule has 17 heavy (non-hydrogen) atoms. The van der Waals surface area contributed by atoms with Gasteiger partial charge in [0.2, 0.25) is 5.89 Å². The summed E-state index contributed by atoms with van der Waals surface area (Å²) in [6.07, 6.45) is 0. The first-order valence-electron chi connectivity index (χ1n) is 5.41. The molecule has 2 aromatic rings. The molecule has 0 spiro atoms. The lowest BCUT2D eigenvalue weighted by Gasteiger charge is -2.07. The molecule has 0 amide bonds. The van der Waals surface area contributed by atoms with Crippen LogP contribution in [0.5, 0.6) is 0 Å². The van der Waals surface area contributed by atoms with Crippen LogP contribution in [0.2, 0.25) is 0 Å². The van der Waals surface area contributed by atoms with Crippen LogP contribution in [-0.4, -0.2) is 17.2 Å². The number of aryl methyl sites for hydroxylation is 2. The largest absolute Gasteiger partial charge is 0.416 e. The van der Waals surface area contributed by atoms with Crippen molar-refractivity contribution in [3.8, 4) is 0 Å². The Balaban J connectivity index is 2.25. The van der Waals surface area contributed by atoms with E-state index in [1.54, 1.807) is 6.92 Å². The van der Waals surface area contributed by atoms with E-state index in [9.17, 15) is 0 Å². The minimum Gasteiger partial charge on any atom is -0.416 e. The molecular weight excluding hydrogens is 234 g/mol. The Bertz CT molecular complexity index is 510. The fraction of sp³-hybridized carbons (Fsp3) is 0.333. The smallest absolute Gasteiger partial charge is 0.281 e. The summed E-state index contributed by atoms with van der Waals surface area (Å²) >= 11 is 1.50. The molecule has 0 radical (unpaired) electrons. The van der Waals surface area contributed by atoms with Crippen LogP contribution in [0.25, 0.3) is 0 Å². The molecule has 0 fully saturated rings. The van der Waals surface area contributed by atoms with Gasteiger partial charge in [0.05, 0.1) is 0 Å². The van der Waals surface area contributed by atoms with Crippen molar-refractivity contribution in [3.63, 3.8) is 0 Å². The minimum atomic E-state index is 0.587. The molecule has 0 saturated heterocycles. The Morgan fingerprint density at radius 1 is 1.29 bits per heavy atom. The summed E-state index contributed by atoms with van der Waals surface area (Å²) in [7, 11) is 1.94. The average molecular weight is 249 g/mol. The van der Waals surface area contributed by atoms with Gasteiger partial charge < -0.3 is 9.73 Å². The van der Waals surface area contributed by atoms with Crippen LogP contribution < -0.4 is 5.32 Å². The number of rotatable bonds is 4. The fourth-order valence-corrected chi connectivity index (χ4v) is 2.38. The van der Waals surface area contributed by atoms with Crippen LogP contribution in [0.4, 0.5) is 0 Å². The van der Waals surface area contributed by atoms with E-state index in [0.29, 0.717) is 11.1 Å². The molecule has 4 nitrogen and oxygen atoms in total. The molecule has 0 aliphatic carbocycles. The average Bonchev–Trinajstić information content (AvgIpc) is 2.69. The highest BCUT2D eigenvalue weighted by Gasteiger charge is 2.09. The van der Waals surface area contributed by atoms with Gasteiger partial charge in [0.15, 0.2) is 0 Å². The Kier molecular flexibility index (Phi) is 3.81. The topological polar surface area (TPSA) is 51.0 Å². The van der Waals surface area contributed by atoms with Crippen molar-refractivity contribution in [2.75, 3.05) is 7.05 Å². The van der Waals surface area contributed by atoms with E-state index in [-0.39, 0.29) is 0 Å². The van der Waals surface area contributed by atoms with E-state index in [2.05, 4.69) is 40.6 Å². The molecule has 0 atom stereocenters. The fourth-order valence-electron chi connectivity index (χ4n) is 1.55. The predicted octanol–water partition coefficient (Wildman–Crippen LogP) is 2.56. The van der Waals surface area contributed by atoms with Gasteiger partial charge in [-0.15, -0.1) is 10.2 Å². The molecule has 1 aromatic carbocycles. The maximum absolute atomic E-state index is 5.37. The van der Waals surface area contributed by atoms with E-state index >= 15 is 0 Å². The quantitative estimate of drug-likeness (QED) is 0.902. The van der Waals surface area contributed by atoms with Crippen molar-refractivity contribution in [3.05, 3.63) is 35.2 Å². The van der Waals surface area contributed by atoms with Gasteiger partial charge in [-0.1, -0.05) is 17.7 Å². The number of hydrogen-bond acceptors (Lipinski definition) is 5. The Morgan fingerprint density at radius 2 is 2.12 bits per heavy atom. The Labute approximate surface area is 105 Å². The summed E-state index contributed by atoms with van der Waals surface area (Å²) in [5, 5.41) is 11.6. The monoisotopic (exact) mass is 249 g/mol. The van der Waals surface area contributed by atoms with Gasteiger partial charge in [-0.2, -0.15) is 0 Å². The number of nitrogens with one attached hydrogen (secondary N) is 1. The molecule has 0 bridgehead atoms. The lowest BCUT2D eigenvalue weighted by atomic mass is 10.1. The normalized spacial score (nSPS) is 10.8. The number of hydrogen-bond donors (Lipinski definition) is 1. The third kappa shape index (κ3) is 3.08. The third-order valence-corrected chi connectivity index (χ3v) is 3.25. The molecule has 0 saturated carbocycles. The lowest BCUT2D eigenvalue weighted by Crippen LogP contribution is -2.06. The summed E-state index contributed by atoms with van der Waals surface area (Å²) in [5.74, 6) is 0.592. The molecule has 90 valence electrons. The van der Waals surface area contributed by atoms with Crippen LogP contribution in [0.3, 0.4) is 0 Å². The van der Waals surface area contributed by atoms with Gasteiger partial charge in [-0.3, -0.25) is 0 Å². The molecule has 2 rings (SSSR count). The van der Waals surface area contributed by atoms with E-state index in [4.69, 9.17) is 4.42 Å².